The highest BCUT2D eigenvalue weighted by molar-refractivity contribution is 5.37. The van der Waals surface area contributed by atoms with Gasteiger partial charge in [-0.25, -0.2) is 0 Å². The smallest absolute Gasteiger partial charge is 0.268 e. The fourth-order valence-electron chi connectivity index (χ4n) is 2.09. The molecule has 0 unspecified atom stereocenters. The summed E-state index contributed by atoms with van der Waals surface area (Å²) in [5, 5.41) is 0. The second-order valence-corrected chi connectivity index (χ2v) is 4.53. The molecule has 4 heteroatoms. The highest BCUT2D eigenvalue weighted by Gasteiger charge is 2.03. The molecule has 0 fully saturated rings. The van der Waals surface area contributed by atoms with E-state index in [1.807, 2.05) is 70.1 Å². The Bertz CT molecular complexity index is 653. The molecule has 2 aromatic carbocycles. The Hall–Kier alpha value is -2.75. The average molecular weight is 280 g/mol. The second-order valence-electron chi connectivity index (χ2n) is 4.53. The number of imidazole rings is 1. The average Bonchev–Trinajstić information content (AvgIpc) is 3.05. The monoisotopic (exact) mass is 280 g/mol. The lowest BCUT2D eigenvalue weighted by atomic mass is 10.3. The fraction of sp³-hybridized carbons (Fsp3) is 0.118. The lowest BCUT2D eigenvalue weighted by Gasteiger charge is -2.04. The van der Waals surface area contributed by atoms with Gasteiger partial charge in [0.2, 0.25) is 0 Å². The Balaban J connectivity index is 1.87. The van der Waals surface area contributed by atoms with Crippen molar-refractivity contribution in [2.24, 2.45) is 0 Å². The molecule has 1 heterocycles. The van der Waals surface area contributed by atoms with Gasteiger partial charge in [0.1, 0.15) is 11.5 Å². The minimum atomic E-state index is 0.842. The molecule has 3 aromatic rings. The van der Waals surface area contributed by atoms with Gasteiger partial charge >= 0.3 is 0 Å². The zero-order chi connectivity index (χ0) is 14.7. The summed E-state index contributed by atoms with van der Waals surface area (Å²) in [5.41, 5.74) is 2.06. The largest absolute Gasteiger partial charge is 0.497 e. The third-order valence-corrected chi connectivity index (χ3v) is 3.28. The van der Waals surface area contributed by atoms with Crippen LogP contribution in [0.3, 0.4) is 0 Å². The topological polar surface area (TPSA) is 27.3 Å². The van der Waals surface area contributed by atoms with Crippen LogP contribution in [0.15, 0.2) is 60.9 Å². The van der Waals surface area contributed by atoms with Gasteiger partial charge in [-0.1, -0.05) is 0 Å². The van der Waals surface area contributed by atoms with Gasteiger partial charge in [-0.05, 0) is 48.5 Å². The Labute approximate surface area is 123 Å². The summed E-state index contributed by atoms with van der Waals surface area (Å²) in [5.74, 6) is 1.68. The zero-order valence-electron chi connectivity index (χ0n) is 12.0. The van der Waals surface area contributed by atoms with Crippen molar-refractivity contribution in [2.75, 3.05) is 14.2 Å². The van der Waals surface area contributed by atoms with Crippen LogP contribution in [0, 0.1) is 6.33 Å². The van der Waals surface area contributed by atoms with E-state index in [1.54, 1.807) is 14.2 Å². The first-order chi connectivity index (χ1) is 10.3. The van der Waals surface area contributed by atoms with E-state index in [2.05, 4.69) is 6.33 Å². The fourth-order valence-corrected chi connectivity index (χ4v) is 2.09. The minimum absolute atomic E-state index is 0.842. The molecule has 0 atom stereocenters. The van der Waals surface area contributed by atoms with E-state index in [4.69, 9.17) is 9.47 Å². The Morgan fingerprint density at radius 1 is 0.857 bits per heavy atom. The van der Waals surface area contributed by atoms with E-state index < -0.39 is 0 Å². The molecule has 0 radical (unpaired) electrons. The van der Waals surface area contributed by atoms with Gasteiger partial charge < -0.3 is 9.47 Å². The maximum Gasteiger partial charge on any atom is 0.268 e. The number of benzene rings is 2. The molecule has 0 saturated heterocycles. The molecule has 0 spiro atoms. The van der Waals surface area contributed by atoms with Crippen LogP contribution in [-0.2, 0) is 0 Å². The predicted molar refractivity (Wildman–Crippen MR) is 79.2 cm³/mol. The summed E-state index contributed by atoms with van der Waals surface area (Å²) in [6, 6.07) is 15.7. The Morgan fingerprint density at radius 3 is 2.00 bits per heavy atom. The number of nitrogens with zero attached hydrogens (tertiary/aromatic N) is 2. The van der Waals surface area contributed by atoms with Crippen molar-refractivity contribution in [1.29, 1.82) is 0 Å². The first-order valence-electron chi connectivity index (χ1n) is 6.61. The van der Waals surface area contributed by atoms with Gasteiger partial charge in [-0.15, -0.1) is 0 Å². The Kier molecular flexibility index (Phi) is 3.60. The van der Waals surface area contributed by atoms with Crippen molar-refractivity contribution in [2.45, 2.75) is 0 Å². The molecule has 3 rings (SSSR count). The molecule has 0 bridgehead atoms. The molecule has 0 aliphatic heterocycles. The maximum absolute atomic E-state index is 5.16. The van der Waals surface area contributed by atoms with Gasteiger partial charge in [0.15, 0.2) is 0 Å². The highest BCUT2D eigenvalue weighted by atomic mass is 16.5. The summed E-state index contributed by atoms with van der Waals surface area (Å²) >= 11 is 0. The van der Waals surface area contributed by atoms with Crippen molar-refractivity contribution in [3.05, 3.63) is 67.3 Å². The lowest BCUT2D eigenvalue weighted by molar-refractivity contribution is -0.599. The van der Waals surface area contributed by atoms with Crippen LogP contribution in [0.4, 0.5) is 0 Å². The van der Waals surface area contributed by atoms with Crippen molar-refractivity contribution in [3.8, 4) is 22.9 Å². The van der Waals surface area contributed by atoms with E-state index >= 15 is 0 Å². The number of aromatic nitrogens is 2. The van der Waals surface area contributed by atoms with Crippen LogP contribution in [0.25, 0.3) is 11.4 Å². The first-order valence-corrected chi connectivity index (χ1v) is 6.61. The molecular weight excluding hydrogens is 264 g/mol. The number of methoxy groups -OCH3 is 2. The third kappa shape index (κ3) is 2.74. The van der Waals surface area contributed by atoms with Crippen LogP contribution in [0.5, 0.6) is 11.5 Å². The molecule has 0 aliphatic rings. The van der Waals surface area contributed by atoms with E-state index in [1.165, 1.54) is 0 Å². The van der Waals surface area contributed by atoms with Crippen LogP contribution in [-0.4, -0.2) is 18.8 Å². The summed E-state index contributed by atoms with van der Waals surface area (Å²) in [7, 11) is 3.32. The van der Waals surface area contributed by atoms with Crippen molar-refractivity contribution < 1.29 is 14.0 Å². The predicted octanol–water partition coefficient (Wildman–Crippen LogP) is 2.57. The summed E-state index contributed by atoms with van der Waals surface area (Å²) in [6.45, 7) is 0. The van der Waals surface area contributed by atoms with Gasteiger partial charge in [0, 0.05) is 12.4 Å². The Morgan fingerprint density at radius 2 is 1.43 bits per heavy atom. The molecule has 4 nitrogen and oxygen atoms in total. The van der Waals surface area contributed by atoms with Gasteiger partial charge in [-0.3, -0.25) is 9.13 Å². The number of hydrogen-bond acceptors (Lipinski definition) is 2. The normalized spacial score (nSPS) is 10.4. The standard InChI is InChI=1S/C17H16N2O2/c1-20-16-7-3-14(4-8-16)18-11-12-19(13-18)15-5-9-17(21-2)10-6-15/h3-12H,1-2H3. The quantitative estimate of drug-likeness (QED) is 0.542. The number of hydrogen-bond donors (Lipinski definition) is 0. The number of ether oxygens (including phenoxy) is 2. The molecule has 21 heavy (non-hydrogen) atoms. The van der Waals surface area contributed by atoms with Crippen LogP contribution in [0.1, 0.15) is 0 Å². The van der Waals surface area contributed by atoms with Crippen molar-refractivity contribution >= 4 is 0 Å². The zero-order valence-corrected chi connectivity index (χ0v) is 12.0. The van der Waals surface area contributed by atoms with Gasteiger partial charge in [-0.2, -0.15) is 0 Å². The summed E-state index contributed by atoms with van der Waals surface area (Å²) in [4.78, 5) is 0. The third-order valence-electron chi connectivity index (χ3n) is 3.28. The first kappa shape index (κ1) is 13.2. The molecule has 0 saturated carbocycles. The molecule has 0 amide bonds. The second kappa shape index (κ2) is 5.71. The molecule has 0 aliphatic carbocycles. The van der Waals surface area contributed by atoms with Crippen molar-refractivity contribution in [3.63, 3.8) is 0 Å². The molecule has 106 valence electrons. The van der Waals surface area contributed by atoms with E-state index in [-0.39, 0.29) is 0 Å². The van der Waals surface area contributed by atoms with E-state index in [0.717, 1.165) is 22.9 Å². The van der Waals surface area contributed by atoms with Gasteiger partial charge in [0.05, 0.1) is 25.6 Å². The summed E-state index contributed by atoms with van der Waals surface area (Å²) in [6.07, 6.45) is 7.20. The van der Waals surface area contributed by atoms with Crippen LogP contribution >= 0.6 is 0 Å². The maximum atomic E-state index is 5.16. The van der Waals surface area contributed by atoms with E-state index in [0.29, 0.717) is 0 Å². The van der Waals surface area contributed by atoms with Gasteiger partial charge in [0.25, 0.3) is 6.33 Å². The lowest BCUT2D eigenvalue weighted by Crippen LogP contribution is -2.27. The highest BCUT2D eigenvalue weighted by Crippen LogP contribution is 2.15. The van der Waals surface area contributed by atoms with Crippen LogP contribution in [0.2, 0.25) is 0 Å². The van der Waals surface area contributed by atoms with Crippen molar-refractivity contribution in [1.82, 2.24) is 4.57 Å². The molecule has 1 aromatic heterocycles. The minimum Gasteiger partial charge on any atom is -0.497 e. The van der Waals surface area contributed by atoms with Crippen LogP contribution < -0.4 is 14.0 Å². The summed E-state index contributed by atoms with van der Waals surface area (Å²) < 4.78 is 14.2. The number of rotatable bonds is 4. The molecule has 0 N–H and O–H groups in total. The van der Waals surface area contributed by atoms with E-state index in [9.17, 15) is 0 Å². The SMILES string of the molecule is COc1ccc(-n2[c-][n+](-c3ccc(OC)cc3)cc2)cc1. The molecular formula is C17H16N2O2.